The highest BCUT2D eigenvalue weighted by Gasteiger charge is 2.38. The molecule has 0 spiro atoms. The van der Waals surface area contributed by atoms with E-state index < -0.39 is 5.54 Å². The van der Waals surface area contributed by atoms with E-state index in [0.717, 1.165) is 19.6 Å². The maximum absolute atomic E-state index is 10.6. The monoisotopic (exact) mass is 444 g/mol. The molecule has 0 fully saturated rings. The van der Waals surface area contributed by atoms with Crippen LogP contribution in [-0.4, -0.2) is 42.3 Å². The molecule has 0 radical (unpaired) electrons. The molecule has 3 rings (SSSR count). The van der Waals surface area contributed by atoms with E-state index in [9.17, 15) is 5.11 Å². The van der Waals surface area contributed by atoms with Crippen LogP contribution in [0.3, 0.4) is 0 Å². The molecule has 3 aromatic carbocycles. The third-order valence-electron chi connectivity index (χ3n) is 5.99. The summed E-state index contributed by atoms with van der Waals surface area (Å²) < 4.78 is 0. The highest BCUT2D eigenvalue weighted by Crippen LogP contribution is 2.37. The number of hydrogen-bond donors (Lipinski definition) is 2. The molecule has 0 aliphatic heterocycles. The Hall–Kier alpha value is -2.46. The van der Waals surface area contributed by atoms with Gasteiger partial charge in [0.25, 0.3) is 0 Å². The Morgan fingerprint density at radius 3 is 1.30 bits per heavy atom. The minimum absolute atomic E-state index is 0.0704. The summed E-state index contributed by atoms with van der Waals surface area (Å²) in [5.41, 5.74) is 2.93. The van der Waals surface area contributed by atoms with E-state index in [2.05, 4.69) is 129 Å². The van der Waals surface area contributed by atoms with Gasteiger partial charge in [-0.3, -0.25) is 5.32 Å². The van der Waals surface area contributed by atoms with Crippen molar-refractivity contribution < 1.29 is 5.11 Å². The molecule has 1 unspecified atom stereocenters. The molecular formula is C30H40N2O. The smallest absolute Gasteiger partial charge is 0.0951 e. The van der Waals surface area contributed by atoms with Gasteiger partial charge in [0.1, 0.15) is 0 Å². The average Bonchev–Trinajstić information content (AvgIpc) is 2.82. The van der Waals surface area contributed by atoms with Gasteiger partial charge in [-0.2, -0.15) is 0 Å². The van der Waals surface area contributed by atoms with Crippen molar-refractivity contribution in [1.29, 1.82) is 0 Å². The first-order chi connectivity index (χ1) is 16.0. The summed E-state index contributed by atoms with van der Waals surface area (Å²) in [5, 5.41) is 14.5. The summed E-state index contributed by atoms with van der Waals surface area (Å²) in [7, 11) is 0. The first-order valence-corrected chi connectivity index (χ1v) is 12.2. The lowest BCUT2D eigenvalue weighted by atomic mass is 9.76. The second kappa shape index (κ2) is 12.1. The summed E-state index contributed by atoms with van der Waals surface area (Å²) >= 11 is 0. The standard InChI is InChI=1S/C30H40N2O/c1-24(2)20-32(21-25(3)4)22-29(23-33)31-30(26-14-8-5-9-15-26,27-16-10-6-11-17-27)28-18-12-7-13-19-28/h5-19,24-25,29,31,33H,20-23H2,1-4H3. The van der Waals surface area contributed by atoms with Gasteiger partial charge < -0.3 is 10.0 Å². The number of nitrogens with one attached hydrogen (secondary N) is 1. The Bertz CT molecular complexity index is 819. The van der Waals surface area contributed by atoms with Gasteiger partial charge in [0.05, 0.1) is 12.1 Å². The van der Waals surface area contributed by atoms with Crippen LogP contribution in [0.15, 0.2) is 91.0 Å². The lowest BCUT2D eigenvalue weighted by Gasteiger charge is -2.41. The molecule has 0 heterocycles. The van der Waals surface area contributed by atoms with E-state index in [4.69, 9.17) is 0 Å². The highest BCUT2D eigenvalue weighted by molar-refractivity contribution is 5.49. The molecule has 33 heavy (non-hydrogen) atoms. The molecule has 0 aliphatic rings. The molecule has 0 saturated heterocycles. The fraction of sp³-hybridized carbons (Fsp3) is 0.400. The molecule has 3 nitrogen and oxygen atoms in total. The van der Waals surface area contributed by atoms with Crippen LogP contribution in [0.4, 0.5) is 0 Å². The predicted octanol–water partition coefficient (Wildman–Crippen LogP) is 5.54. The number of aliphatic hydroxyl groups is 1. The van der Waals surface area contributed by atoms with E-state index in [1.54, 1.807) is 0 Å². The Morgan fingerprint density at radius 2 is 1.00 bits per heavy atom. The van der Waals surface area contributed by atoms with Crippen molar-refractivity contribution in [2.24, 2.45) is 11.8 Å². The van der Waals surface area contributed by atoms with Crippen molar-refractivity contribution in [3.05, 3.63) is 108 Å². The first-order valence-electron chi connectivity index (χ1n) is 12.2. The topological polar surface area (TPSA) is 35.5 Å². The quantitative estimate of drug-likeness (QED) is 0.360. The highest BCUT2D eigenvalue weighted by atomic mass is 16.3. The number of aliphatic hydroxyl groups excluding tert-OH is 1. The van der Waals surface area contributed by atoms with Crippen LogP contribution in [0.1, 0.15) is 44.4 Å². The largest absolute Gasteiger partial charge is 0.395 e. The van der Waals surface area contributed by atoms with Crippen LogP contribution in [0.25, 0.3) is 0 Å². The lowest BCUT2D eigenvalue weighted by Crippen LogP contribution is -2.55. The van der Waals surface area contributed by atoms with Crippen molar-refractivity contribution in [1.82, 2.24) is 10.2 Å². The van der Waals surface area contributed by atoms with Crippen LogP contribution in [0, 0.1) is 11.8 Å². The normalized spacial score (nSPS) is 13.1. The van der Waals surface area contributed by atoms with Gasteiger partial charge in [-0.1, -0.05) is 119 Å². The van der Waals surface area contributed by atoms with E-state index >= 15 is 0 Å². The van der Waals surface area contributed by atoms with E-state index in [-0.39, 0.29) is 12.6 Å². The molecule has 0 saturated carbocycles. The zero-order valence-electron chi connectivity index (χ0n) is 20.6. The third kappa shape index (κ3) is 6.54. The summed E-state index contributed by atoms with van der Waals surface area (Å²) in [5.74, 6) is 1.15. The van der Waals surface area contributed by atoms with Gasteiger partial charge >= 0.3 is 0 Å². The number of nitrogens with zero attached hydrogens (tertiary/aromatic N) is 1. The fourth-order valence-corrected chi connectivity index (χ4v) is 4.84. The maximum atomic E-state index is 10.6. The molecule has 3 aromatic rings. The maximum Gasteiger partial charge on any atom is 0.0951 e. The second-order valence-corrected chi connectivity index (χ2v) is 9.88. The SMILES string of the molecule is CC(C)CN(CC(C)C)CC(CO)NC(c1ccccc1)(c1ccccc1)c1ccccc1. The molecule has 0 amide bonds. The second-order valence-electron chi connectivity index (χ2n) is 9.88. The first kappa shape index (κ1) is 25.2. The van der Waals surface area contributed by atoms with Crippen LogP contribution < -0.4 is 5.32 Å². The zero-order valence-corrected chi connectivity index (χ0v) is 20.6. The molecule has 2 N–H and O–H groups in total. The summed E-state index contributed by atoms with van der Waals surface area (Å²) in [6, 6.07) is 31.7. The Balaban J connectivity index is 2.09. The lowest BCUT2D eigenvalue weighted by molar-refractivity contribution is 0.147. The number of rotatable bonds is 12. The minimum Gasteiger partial charge on any atom is -0.395 e. The van der Waals surface area contributed by atoms with Gasteiger partial charge in [-0.25, -0.2) is 0 Å². The van der Waals surface area contributed by atoms with E-state index in [1.165, 1.54) is 16.7 Å². The average molecular weight is 445 g/mol. The molecule has 3 heteroatoms. The Morgan fingerprint density at radius 1 is 0.636 bits per heavy atom. The van der Waals surface area contributed by atoms with E-state index in [0.29, 0.717) is 11.8 Å². The van der Waals surface area contributed by atoms with Gasteiger partial charge in [-0.15, -0.1) is 0 Å². The van der Waals surface area contributed by atoms with Crippen LogP contribution >= 0.6 is 0 Å². The molecular weight excluding hydrogens is 404 g/mol. The molecule has 176 valence electrons. The predicted molar refractivity (Wildman–Crippen MR) is 139 cm³/mol. The van der Waals surface area contributed by atoms with Crippen molar-refractivity contribution in [2.45, 2.75) is 39.3 Å². The third-order valence-corrected chi connectivity index (χ3v) is 5.99. The molecule has 0 aliphatic carbocycles. The fourth-order valence-electron chi connectivity index (χ4n) is 4.84. The van der Waals surface area contributed by atoms with Crippen molar-refractivity contribution in [3.8, 4) is 0 Å². The van der Waals surface area contributed by atoms with Gasteiger partial charge in [0, 0.05) is 25.7 Å². The van der Waals surface area contributed by atoms with Crippen molar-refractivity contribution in [2.75, 3.05) is 26.2 Å². The molecule has 1 atom stereocenters. The summed E-state index contributed by atoms with van der Waals surface area (Å²) in [6.07, 6.45) is 0. The van der Waals surface area contributed by atoms with Gasteiger partial charge in [0.15, 0.2) is 0 Å². The van der Waals surface area contributed by atoms with Crippen LogP contribution in [0.5, 0.6) is 0 Å². The zero-order chi connectivity index (χ0) is 23.7. The minimum atomic E-state index is -0.571. The Kier molecular flexibility index (Phi) is 9.25. The van der Waals surface area contributed by atoms with E-state index in [1.807, 2.05) is 0 Å². The van der Waals surface area contributed by atoms with Crippen LogP contribution in [0.2, 0.25) is 0 Å². The van der Waals surface area contributed by atoms with Crippen molar-refractivity contribution >= 4 is 0 Å². The van der Waals surface area contributed by atoms with Gasteiger partial charge in [0.2, 0.25) is 0 Å². The van der Waals surface area contributed by atoms with Gasteiger partial charge in [-0.05, 0) is 28.5 Å². The summed E-state index contributed by atoms with van der Waals surface area (Å²) in [6.45, 7) is 11.9. The van der Waals surface area contributed by atoms with Crippen LogP contribution in [-0.2, 0) is 5.54 Å². The molecule has 0 aromatic heterocycles. The molecule has 0 bridgehead atoms. The van der Waals surface area contributed by atoms with Crippen molar-refractivity contribution in [3.63, 3.8) is 0 Å². The number of benzene rings is 3. The number of hydrogen-bond acceptors (Lipinski definition) is 3. The Labute approximate surface area is 200 Å². The summed E-state index contributed by atoms with van der Waals surface area (Å²) in [4.78, 5) is 2.50.